The summed E-state index contributed by atoms with van der Waals surface area (Å²) in [5.74, 6) is 0.220. The summed E-state index contributed by atoms with van der Waals surface area (Å²) in [5.41, 5.74) is 1.13. The quantitative estimate of drug-likeness (QED) is 0.559. The number of carbonyl (C=O) groups is 1. The molecule has 16 heavy (non-hydrogen) atoms. The van der Waals surface area contributed by atoms with Crippen molar-refractivity contribution in [2.24, 2.45) is 0 Å². The predicted molar refractivity (Wildman–Crippen MR) is 73.3 cm³/mol. The maximum Gasteiger partial charge on any atom is 0.226 e. The number of halogens is 1. The molecule has 0 fully saturated rings. The Morgan fingerprint density at radius 1 is 1.44 bits per heavy atom. The third-order valence-electron chi connectivity index (χ3n) is 2.49. The van der Waals surface area contributed by atoms with Crippen LogP contribution in [0.2, 0.25) is 0 Å². The molecule has 0 aliphatic heterocycles. The highest BCUT2D eigenvalue weighted by Gasteiger charge is 2.09. The highest BCUT2D eigenvalue weighted by Crippen LogP contribution is 2.08. The van der Waals surface area contributed by atoms with Crippen LogP contribution in [-0.4, -0.2) is 29.7 Å². The first-order chi connectivity index (χ1) is 7.74. The van der Waals surface area contributed by atoms with Gasteiger partial charge in [-0.15, -0.1) is 0 Å². The average Bonchev–Trinajstić information content (AvgIpc) is 2.76. The Labute approximate surface area is 110 Å². The van der Waals surface area contributed by atoms with Gasteiger partial charge < -0.3 is 4.90 Å². The number of amides is 1. The molecule has 90 valence electrons. The Balaban J connectivity index is 2.20. The number of hydrogen-bond donors (Lipinski definition) is 0. The number of nitrogens with zero attached hydrogens (tertiary/aromatic N) is 1. The minimum atomic E-state index is 0.220. The van der Waals surface area contributed by atoms with Crippen LogP contribution in [0.3, 0.4) is 0 Å². The van der Waals surface area contributed by atoms with Crippen molar-refractivity contribution in [3.05, 3.63) is 22.4 Å². The van der Waals surface area contributed by atoms with Crippen LogP contribution in [0.1, 0.15) is 24.8 Å². The second-order valence-electron chi connectivity index (χ2n) is 3.87. The Hall–Kier alpha value is -0.350. The number of carbonyl (C=O) groups excluding carboxylic acids is 1. The Bertz CT molecular complexity index is 300. The zero-order valence-corrected chi connectivity index (χ0v) is 12.0. The lowest BCUT2D eigenvalue weighted by Crippen LogP contribution is -2.29. The Morgan fingerprint density at radius 2 is 2.25 bits per heavy atom. The van der Waals surface area contributed by atoms with E-state index in [0.717, 1.165) is 23.9 Å². The van der Waals surface area contributed by atoms with Crippen molar-refractivity contribution in [2.75, 3.05) is 18.9 Å². The molecule has 0 saturated carbocycles. The van der Waals surface area contributed by atoms with Gasteiger partial charge in [0.2, 0.25) is 5.91 Å². The summed E-state index contributed by atoms with van der Waals surface area (Å²) >= 11 is 5.05. The summed E-state index contributed by atoms with van der Waals surface area (Å²) in [6.45, 7) is 0.871. The van der Waals surface area contributed by atoms with Gasteiger partial charge in [0.25, 0.3) is 0 Å². The number of hydrogen-bond acceptors (Lipinski definition) is 2. The number of likely N-dealkylation sites (N-methyl/N-ethyl adjacent to an activating group) is 1. The summed E-state index contributed by atoms with van der Waals surface area (Å²) in [6, 6.07) is 2.02. The van der Waals surface area contributed by atoms with Crippen molar-refractivity contribution in [2.45, 2.75) is 25.7 Å². The van der Waals surface area contributed by atoms with E-state index in [1.54, 1.807) is 11.3 Å². The lowest BCUT2D eigenvalue weighted by molar-refractivity contribution is -0.129. The van der Waals surface area contributed by atoms with E-state index in [4.69, 9.17) is 0 Å². The van der Waals surface area contributed by atoms with Crippen molar-refractivity contribution < 1.29 is 4.79 Å². The fourth-order valence-corrected chi connectivity index (χ4v) is 2.51. The second kappa shape index (κ2) is 7.85. The molecule has 0 spiro atoms. The number of thiophene rings is 1. The minimum absolute atomic E-state index is 0.220. The van der Waals surface area contributed by atoms with Gasteiger partial charge in [0.15, 0.2) is 0 Å². The van der Waals surface area contributed by atoms with Crippen LogP contribution in [0.4, 0.5) is 0 Å². The molecule has 1 rings (SSSR count). The monoisotopic (exact) mass is 303 g/mol. The molecule has 0 N–H and O–H groups in total. The van der Waals surface area contributed by atoms with Gasteiger partial charge in [-0.1, -0.05) is 22.4 Å². The molecule has 2 nitrogen and oxygen atoms in total. The van der Waals surface area contributed by atoms with Crippen LogP contribution in [0, 0.1) is 0 Å². The molecule has 1 heterocycles. The maximum atomic E-state index is 11.8. The van der Waals surface area contributed by atoms with Gasteiger partial charge in [0, 0.05) is 18.9 Å². The number of alkyl halides is 1. The fraction of sp³-hybridized carbons (Fsp3) is 0.583. The fourth-order valence-electron chi connectivity index (χ4n) is 1.45. The molecule has 4 heteroatoms. The van der Waals surface area contributed by atoms with Crippen LogP contribution in [0.15, 0.2) is 16.8 Å². The first kappa shape index (κ1) is 13.7. The highest BCUT2D eigenvalue weighted by molar-refractivity contribution is 9.09. The van der Waals surface area contributed by atoms with Crippen LogP contribution in [-0.2, 0) is 11.2 Å². The largest absolute Gasteiger partial charge is 0.345 e. The van der Waals surface area contributed by atoms with Gasteiger partial charge in [-0.2, -0.15) is 11.3 Å². The lowest BCUT2D eigenvalue weighted by Gasteiger charge is -2.16. The van der Waals surface area contributed by atoms with Gasteiger partial charge in [-0.05, 0) is 35.2 Å². The summed E-state index contributed by atoms with van der Waals surface area (Å²) in [7, 11) is 1.89. The van der Waals surface area contributed by atoms with E-state index in [1.807, 2.05) is 28.8 Å². The van der Waals surface area contributed by atoms with E-state index in [2.05, 4.69) is 15.9 Å². The summed E-state index contributed by atoms with van der Waals surface area (Å²) < 4.78 is 0. The summed E-state index contributed by atoms with van der Waals surface area (Å²) in [4.78, 5) is 13.6. The van der Waals surface area contributed by atoms with Crippen LogP contribution in [0.5, 0.6) is 0 Å². The minimum Gasteiger partial charge on any atom is -0.345 e. The van der Waals surface area contributed by atoms with Gasteiger partial charge in [0.05, 0.1) is 6.42 Å². The van der Waals surface area contributed by atoms with Gasteiger partial charge in [-0.3, -0.25) is 4.79 Å². The van der Waals surface area contributed by atoms with E-state index < -0.39 is 0 Å². The third-order valence-corrected chi connectivity index (χ3v) is 3.78. The van der Waals surface area contributed by atoms with Gasteiger partial charge in [0.1, 0.15) is 0 Å². The molecular formula is C12H18BrNOS. The number of rotatable bonds is 7. The molecule has 0 saturated heterocycles. The van der Waals surface area contributed by atoms with Crippen LogP contribution < -0.4 is 0 Å². The van der Waals surface area contributed by atoms with E-state index in [-0.39, 0.29) is 5.91 Å². The summed E-state index contributed by atoms with van der Waals surface area (Å²) in [5, 5.41) is 5.11. The molecule has 0 radical (unpaired) electrons. The molecule has 1 aromatic rings. The average molecular weight is 304 g/mol. The molecule has 0 aliphatic carbocycles. The lowest BCUT2D eigenvalue weighted by atomic mass is 10.2. The van der Waals surface area contributed by atoms with Crippen molar-refractivity contribution in [3.8, 4) is 0 Å². The summed E-state index contributed by atoms with van der Waals surface area (Å²) in [6.07, 6.45) is 4.00. The first-order valence-corrected chi connectivity index (χ1v) is 7.61. The topological polar surface area (TPSA) is 20.3 Å². The zero-order valence-electron chi connectivity index (χ0n) is 9.62. The van der Waals surface area contributed by atoms with E-state index in [0.29, 0.717) is 6.42 Å². The normalized spacial score (nSPS) is 10.4. The van der Waals surface area contributed by atoms with Crippen molar-refractivity contribution in [1.82, 2.24) is 4.90 Å². The molecule has 1 aromatic heterocycles. The van der Waals surface area contributed by atoms with Crippen molar-refractivity contribution in [3.63, 3.8) is 0 Å². The van der Waals surface area contributed by atoms with Gasteiger partial charge in [-0.25, -0.2) is 0 Å². The maximum absolute atomic E-state index is 11.8. The number of unbranched alkanes of at least 4 members (excludes halogenated alkanes) is 2. The second-order valence-corrected chi connectivity index (χ2v) is 5.45. The van der Waals surface area contributed by atoms with Crippen LogP contribution >= 0.6 is 27.3 Å². The van der Waals surface area contributed by atoms with Gasteiger partial charge >= 0.3 is 0 Å². The zero-order chi connectivity index (χ0) is 11.8. The van der Waals surface area contributed by atoms with E-state index in [1.165, 1.54) is 12.8 Å². The molecule has 0 unspecified atom stereocenters. The van der Waals surface area contributed by atoms with Crippen LogP contribution in [0.25, 0.3) is 0 Å². The first-order valence-electron chi connectivity index (χ1n) is 5.55. The smallest absolute Gasteiger partial charge is 0.226 e. The van der Waals surface area contributed by atoms with E-state index in [9.17, 15) is 4.79 Å². The Morgan fingerprint density at radius 3 is 2.88 bits per heavy atom. The molecule has 0 atom stereocenters. The third kappa shape index (κ3) is 5.12. The SMILES string of the molecule is CN(CCCCCBr)C(=O)Cc1ccsc1. The molecule has 0 aromatic carbocycles. The molecule has 0 bridgehead atoms. The van der Waals surface area contributed by atoms with Crippen molar-refractivity contribution >= 4 is 33.2 Å². The van der Waals surface area contributed by atoms with E-state index >= 15 is 0 Å². The predicted octanol–water partition coefficient (Wildman–Crippen LogP) is 3.31. The molecular weight excluding hydrogens is 286 g/mol. The standard InChI is InChI=1S/C12H18BrNOS/c1-14(7-4-2-3-6-13)12(15)9-11-5-8-16-10-11/h5,8,10H,2-4,6-7,9H2,1H3. The molecule has 1 amide bonds. The Kier molecular flexibility index (Phi) is 6.73. The van der Waals surface area contributed by atoms with Crippen molar-refractivity contribution in [1.29, 1.82) is 0 Å². The molecule has 0 aliphatic rings. The highest BCUT2D eigenvalue weighted by atomic mass is 79.9.